The Hall–Kier alpha value is -1.96. The maximum absolute atomic E-state index is 13.2. The number of carbonyl (C=O) groups excluding carboxylic acids is 1. The highest BCUT2D eigenvalue weighted by atomic mass is 19.1. The molecule has 0 aliphatic heterocycles. The average Bonchev–Trinajstić information content (AvgIpc) is 2.27. The lowest BCUT2D eigenvalue weighted by molar-refractivity contribution is -0.119. The lowest BCUT2D eigenvalue weighted by Gasteiger charge is -2.10. The van der Waals surface area contributed by atoms with Crippen LogP contribution in [0.5, 0.6) is 0 Å². The number of hydrogen-bond donors (Lipinski definition) is 4. The van der Waals surface area contributed by atoms with Gasteiger partial charge in [-0.3, -0.25) is 10.2 Å². The summed E-state index contributed by atoms with van der Waals surface area (Å²) in [4.78, 5) is 18.6. The van der Waals surface area contributed by atoms with Crippen LogP contribution in [-0.4, -0.2) is 28.5 Å². The molecule has 0 aliphatic rings. The Morgan fingerprint density at radius 1 is 1.59 bits per heavy atom. The van der Waals surface area contributed by atoms with E-state index in [4.69, 9.17) is 5.84 Å². The van der Waals surface area contributed by atoms with Crippen molar-refractivity contribution in [1.29, 1.82) is 0 Å². The van der Waals surface area contributed by atoms with Crippen LogP contribution in [0.2, 0.25) is 0 Å². The first-order valence-corrected chi connectivity index (χ1v) is 5.05. The van der Waals surface area contributed by atoms with Crippen molar-refractivity contribution in [3.05, 3.63) is 12.0 Å². The van der Waals surface area contributed by atoms with Gasteiger partial charge in [0.15, 0.2) is 11.6 Å². The molecule has 8 heteroatoms. The minimum atomic E-state index is -0.652. The van der Waals surface area contributed by atoms with Gasteiger partial charge in [-0.2, -0.15) is 4.98 Å². The molecule has 0 aromatic carbocycles. The molecule has 0 fully saturated rings. The molecule has 0 aliphatic carbocycles. The largest absolute Gasteiger partial charge is 0.358 e. The van der Waals surface area contributed by atoms with E-state index >= 15 is 0 Å². The maximum atomic E-state index is 13.2. The fourth-order valence-electron chi connectivity index (χ4n) is 1.10. The van der Waals surface area contributed by atoms with Crippen molar-refractivity contribution in [2.24, 2.45) is 5.84 Å². The standard InChI is InChI=1S/C9H15FN6O/c1-5(2)14-7(17)4-12-8-6(10)3-13-9(15-8)16-11/h3,5H,4,11H2,1-2H3,(H,14,17)(H2,12,13,15,16). The van der Waals surface area contributed by atoms with Crippen molar-refractivity contribution in [2.45, 2.75) is 19.9 Å². The monoisotopic (exact) mass is 242 g/mol. The zero-order valence-corrected chi connectivity index (χ0v) is 9.62. The van der Waals surface area contributed by atoms with Gasteiger partial charge in [0.25, 0.3) is 0 Å². The number of carbonyl (C=O) groups is 1. The number of nitrogen functional groups attached to an aromatic ring is 1. The molecule has 0 saturated heterocycles. The topological polar surface area (TPSA) is 105 Å². The summed E-state index contributed by atoms with van der Waals surface area (Å²) >= 11 is 0. The smallest absolute Gasteiger partial charge is 0.239 e. The number of hydrogen-bond acceptors (Lipinski definition) is 6. The van der Waals surface area contributed by atoms with Crippen LogP contribution in [0.3, 0.4) is 0 Å². The number of nitrogens with one attached hydrogen (secondary N) is 3. The van der Waals surface area contributed by atoms with Crippen LogP contribution >= 0.6 is 0 Å². The van der Waals surface area contributed by atoms with Crippen LogP contribution in [0.1, 0.15) is 13.8 Å². The number of anilines is 2. The number of halogens is 1. The first-order valence-electron chi connectivity index (χ1n) is 5.05. The van der Waals surface area contributed by atoms with Crippen molar-refractivity contribution in [2.75, 3.05) is 17.3 Å². The van der Waals surface area contributed by atoms with Crippen molar-refractivity contribution < 1.29 is 9.18 Å². The van der Waals surface area contributed by atoms with Crippen molar-refractivity contribution in [3.8, 4) is 0 Å². The van der Waals surface area contributed by atoms with E-state index in [-0.39, 0.29) is 30.3 Å². The summed E-state index contributed by atoms with van der Waals surface area (Å²) in [7, 11) is 0. The minimum absolute atomic E-state index is 0.0285. The summed E-state index contributed by atoms with van der Waals surface area (Å²) in [6.45, 7) is 3.59. The third-order valence-electron chi connectivity index (χ3n) is 1.74. The molecule has 1 heterocycles. The van der Waals surface area contributed by atoms with Crippen LogP contribution < -0.4 is 21.9 Å². The van der Waals surface area contributed by atoms with Crippen LogP contribution in [0.15, 0.2) is 6.20 Å². The Labute approximate surface area is 98.0 Å². The normalized spacial score (nSPS) is 10.2. The predicted octanol–water partition coefficient (Wildman–Crippen LogP) is -0.162. The SMILES string of the molecule is CC(C)NC(=O)CNc1nc(NN)ncc1F. The molecule has 1 rings (SSSR count). The molecular formula is C9H15FN6O. The molecule has 0 unspecified atom stereocenters. The summed E-state index contributed by atoms with van der Waals surface area (Å²) in [5, 5.41) is 5.21. The van der Waals surface area contributed by atoms with Crippen LogP contribution in [0.4, 0.5) is 16.2 Å². The number of aromatic nitrogens is 2. The molecule has 94 valence electrons. The second-order valence-electron chi connectivity index (χ2n) is 3.61. The van der Waals surface area contributed by atoms with Crippen molar-refractivity contribution >= 4 is 17.7 Å². The lowest BCUT2D eigenvalue weighted by Crippen LogP contribution is -2.35. The van der Waals surface area contributed by atoms with E-state index in [0.717, 1.165) is 6.20 Å². The second kappa shape index (κ2) is 5.94. The Morgan fingerprint density at radius 3 is 2.88 bits per heavy atom. The maximum Gasteiger partial charge on any atom is 0.239 e. The van der Waals surface area contributed by atoms with Crippen molar-refractivity contribution in [3.63, 3.8) is 0 Å². The fourth-order valence-corrected chi connectivity index (χ4v) is 1.10. The summed E-state index contributed by atoms with van der Waals surface area (Å²) in [6, 6.07) is 0.0285. The highest BCUT2D eigenvalue weighted by Crippen LogP contribution is 2.10. The number of nitrogens with zero attached hydrogens (tertiary/aromatic N) is 2. The molecule has 0 radical (unpaired) electrons. The lowest BCUT2D eigenvalue weighted by atomic mass is 10.4. The minimum Gasteiger partial charge on any atom is -0.358 e. The van der Waals surface area contributed by atoms with E-state index < -0.39 is 5.82 Å². The highest BCUT2D eigenvalue weighted by molar-refractivity contribution is 5.80. The Bertz CT molecular complexity index is 397. The Morgan fingerprint density at radius 2 is 2.29 bits per heavy atom. The molecular weight excluding hydrogens is 227 g/mol. The molecule has 7 nitrogen and oxygen atoms in total. The Kier molecular flexibility index (Phi) is 4.58. The Balaban J connectivity index is 2.59. The van der Waals surface area contributed by atoms with Gasteiger partial charge in [-0.1, -0.05) is 0 Å². The fraction of sp³-hybridized carbons (Fsp3) is 0.444. The molecule has 1 amide bonds. The van der Waals surface area contributed by atoms with E-state index in [9.17, 15) is 9.18 Å². The molecule has 17 heavy (non-hydrogen) atoms. The van der Waals surface area contributed by atoms with Gasteiger partial charge in [-0.05, 0) is 13.8 Å². The van der Waals surface area contributed by atoms with Crippen molar-refractivity contribution in [1.82, 2.24) is 15.3 Å². The molecule has 0 spiro atoms. The molecule has 0 atom stereocenters. The van der Waals surface area contributed by atoms with E-state index in [1.165, 1.54) is 0 Å². The average molecular weight is 242 g/mol. The molecule has 1 aromatic rings. The van der Waals surface area contributed by atoms with Gasteiger partial charge in [-0.25, -0.2) is 15.2 Å². The van der Waals surface area contributed by atoms with Gasteiger partial charge in [0.05, 0.1) is 12.7 Å². The van der Waals surface area contributed by atoms with Gasteiger partial charge >= 0.3 is 0 Å². The first-order chi connectivity index (χ1) is 8.02. The summed E-state index contributed by atoms with van der Waals surface area (Å²) in [6.07, 6.45) is 0.963. The third kappa shape index (κ3) is 4.19. The van der Waals surface area contributed by atoms with E-state index in [1.807, 2.05) is 13.8 Å². The van der Waals surface area contributed by atoms with E-state index in [2.05, 4.69) is 26.0 Å². The molecule has 0 saturated carbocycles. The zero-order valence-electron chi connectivity index (χ0n) is 9.62. The number of hydrazine groups is 1. The van der Waals surface area contributed by atoms with Crippen LogP contribution in [0.25, 0.3) is 0 Å². The third-order valence-corrected chi connectivity index (χ3v) is 1.74. The summed E-state index contributed by atoms with van der Waals surface area (Å²) in [5.74, 6) is 4.18. The van der Waals surface area contributed by atoms with Gasteiger partial charge in [0.1, 0.15) is 0 Å². The number of amides is 1. The predicted molar refractivity (Wildman–Crippen MR) is 61.6 cm³/mol. The highest BCUT2D eigenvalue weighted by Gasteiger charge is 2.08. The molecule has 5 N–H and O–H groups in total. The number of rotatable bonds is 5. The number of nitrogens with two attached hydrogens (primary N) is 1. The second-order valence-corrected chi connectivity index (χ2v) is 3.61. The van der Waals surface area contributed by atoms with Gasteiger partial charge in [0.2, 0.25) is 11.9 Å². The summed E-state index contributed by atoms with van der Waals surface area (Å²) in [5.41, 5.74) is 2.18. The molecule has 1 aromatic heterocycles. The zero-order chi connectivity index (χ0) is 12.8. The van der Waals surface area contributed by atoms with Crippen LogP contribution in [-0.2, 0) is 4.79 Å². The first kappa shape index (κ1) is 13.1. The van der Waals surface area contributed by atoms with Gasteiger partial charge < -0.3 is 10.6 Å². The van der Waals surface area contributed by atoms with E-state index in [1.54, 1.807) is 0 Å². The van der Waals surface area contributed by atoms with Crippen LogP contribution in [0, 0.1) is 5.82 Å². The molecule has 0 bridgehead atoms. The summed E-state index contributed by atoms with van der Waals surface area (Å²) < 4.78 is 13.2. The van der Waals surface area contributed by atoms with E-state index in [0.29, 0.717) is 0 Å². The quantitative estimate of drug-likeness (QED) is 0.422. The van der Waals surface area contributed by atoms with Gasteiger partial charge in [-0.15, -0.1) is 0 Å². The van der Waals surface area contributed by atoms with Gasteiger partial charge in [0, 0.05) is 6.04 Å².